The van der Waals surface area contributed by atoms with Crippen LogP contribution in [-0.2, 0) is 91.4 Å². The van der Waals surface area contributed by atoms with E-state index in [9.17, 15) is 22.8 Å². The number of H-pyrrole nitrogens is 1. The van der Waals surface area contributed by atoms with Crippen LogP contribution in [0.4, 0.5) is 0 Å². The molecule has 0 saturated carbocycles. The van der Waals surface area contributed by atoms with Gasteiger partial charge in [-0.3, -0.25) is 14.5 Å². The molecule has 6 aliphatic rings. The number of hydrogen-bond donors (Lipinski definition) is 9. The van der Waals surface area contributed by atoms with Crippen molar-refractivity contribution < 1.29 is 130 Å². The first-order valence-electron chi connectivity index (χ1n) is 47.1. The number of nitrogens with one attached hydrogen (secondary N) is 3. The third-order valence-electron chi connectivity index (χ3n) is 22.4. The summed E-state index contributed by atoms with van der Waals surface area (Å²) in [6, 6.07) is 62.0. The molecule has 0 atom stereocenters. The number of aliphatic hydroxyl groups excluding tert-OH is 3. The summed E-state index contributed by atoms with van der Waals surface area (Å²) in [7, 11) is 1.31. The van der Waals surface area contributed by atoms with E-state index in [0.29, 0.717) is 95.0 Å². The number of carbonyl (C=O) groups is 3. The zero-order valence-electron chi connectivity index (χ0n) is 85.2. The number of hydrogen-bond acceptors (Lipinski definition) is 26. The number of aromatic amines is 1. The molecule has 6 aliphatic heterocycles. The number of rotatable bonds is 26. The van der Waals surface area contributed by atoms with Crippen molar-refractivity contribution >= 4 is 55.7 Å². The Morgan fingerprint density at radius 2 is 0.762 bits per heavy atom. The van der Waals surface area contributed by atoms with Gasteiger partial charge in [-0.1, -0.05) is 216 Å². The number of aliphatic hydroxyl groups is 3. The van der Waals surface area contributed by atoms with Crippen molar-refractivity contribution in [2.45, 2.75) is 165 Å². The van der Waals surface area contributed by atoms with E-state index in [1.807, 2.05) is 175 Å². The van der Waals surface area contributed by atoms with E-state index in [4.69, 9.17) is 105 Å². The number of benzene rings is 6. The number of halogens is 1. The largest absolute Gasteiger partial charge is 1.00 e. The standard InChI is InChI=1S/C32H33N3O3.C25H20N2O2.C10H15N3O3.C8H16O2.C7H13N3O2.2C7H15NO2.C7H14O3.CH3ClO2S.3CH4.N3.Na/c1-31(2)37-22-25(23-38-31)20-33-30(36)19-18-29-21-35(24-34-29)32(26-12-6-3-7-13-26,27-14-8-4-9-15-27)28-16-10-5-11-17-28;28-24(29)17-16-23-18-27(19-26-23)25(20-10-4-1-5-11-20,21-12-6-2-7-13-21)22-14-8-3-9-15-22;14-5-8(6-15)3-12-10(16)2-1-9-4-11-7-13-9;1-4-7-5-9-8(2,3)10-6-7;1-7(2)11-4-6(5-12-7)3-9-10-8;3*1-7(2)9-4-6(3-8)5-10-7;1-5(2,3)4;;;;1-3-2;/h3-19,21,24-25H,20,22-23H2,1-2H3,(H,33,36);1-19H,(H,28,29);1-2,4,7-8,14-15H,3,5-6H2,(H,11,13)(H,12,16);7H,4-6H2,1-3H3;6H,3-5H2,1-2H3;2*6H,3-5,8H2,1-2H3;6,8H,3-5H2,1-2H3;1H3;3*1H4;;/q;;;;;;;;;;;;-1;+1/b19-18+;17-16+;2-1+;;;;;;;;;;;. The van der Waals surface area contributed by atoms with E-state index in [1.165, 1.54) is 29.5 Å². The van der Waals surface area contributed by atoms with Crippen LogP contribution in [0.25, 0.3) is 44.6 Å². The van der Waals surface area contributed by atoms with Crippen LogP contribution in [0.3, 0.4) is 0 Å². The SMILES string of the molecule is C.C.C.CC1(C)OCC(CN)CO1.CC1(C)OCC(CN)CO1.CC1(C)OCC(CN=[N+]=[N-])CO1.CC1(C)OCC(CNC(=O)/C=C/c2cn(C(c3ccccc3)(c3ccccc3)c3ccccc3)cn2)CO1.CC1(C)OCC(CO)CO1.CCC1COC(C)(C)OC1.CS(=O)(=O)Cl.O=C(/C=C/c1cnc[nH]1)NCC(CO)CO.O=C(O)/C=C/c1cn(C(c2ccccc2)(c2ccccc2)c2ccccc2)cn1.[N-]=[N+]=[N-].[Na+]. The van der Waals surface area contributed by atoms with Gasteiger partial charge in [-0.15, -0.1) is 0 Å². The van der Waals surface area contributed by atoms with Gasteiger partial charge in [0.05, 0.1) is 134 Å². The van der Waals surface area contributed by atoms with Gasteiger partial charge in [0.25, 0.3) is 0 Å². The summed E-state index contributed by atoms with van der Waals surface area (Å²) in [6.07, 6.45) is 21.5. The Labute approximate surface area is 894 Å². The molecule has 0 unspecified atom stereocenters. The van der Waals surface area contributed by atoms with Crippen molar-refractivity contribution in [1.82, 2.24) is 39.7 Å². The van der Waals surface area contributed by atoms with Crippen LogP contribution in [0.15, 0.2) is 243 Å². The summed E-state index contributed by atoms with van der Waals surface area (Å²) in [5.74, 6) is -2.54. The van der Waals surface area contributed by atoms with E-state index in [2.05, 4.69) is 177 Å². The van der Waals surface area contributed by atoms with Crippen molar-refractivity contribution in [3.63, 3.8) is 0 Å². The number of carbonyl (C=O) groups excluding carboxylic acids is 2. The summed E-state index contributed by atoms with van der Waals surface area (Å²) in [4.78, 5) is 54.6. The molecule has 0 spiro atoms. The molecule has 3 aromatic heterocycles. The van der Waals surface area contributed by atoms with Crippen LogP contribution in [0, 0.1) is 41.4 Å². The number of imidazole rings is 3. The number of carboxylic acids is 1. The molecule has 147 heavy (non-hydrogen) atoms. The first-order valence-corrected chi connectivity index (χ1v) is 49.8. The van der Waals surface area contributed by atoms with Crippen molar-refractivity contribution in [2.75, 3.05) is 138 Å². The Bertz CT molecular complexity index is 5060. The van der Waals surface area contributed by atoms with Crippen LogP contribution in [0.5, 0.6) is 0 Å². The Kier molecular flexibility index (Phi) is 61.2. The fraction of sp³-hybridized carbons (Fsp3) is 0.495. The van der Waals surface area contributed by atoms with Gasteiger partial charge in [0.1, 0.15) is 11.1 Å². The van der Waals surface area contributed by atoms with Gasteiger partial charge >= 0.3 is 35.5 Å². The molecule has 11 N–H and O–H groups in total. The van der Waals surface area contributed by atoms with Gasteiger partial charge < -0.3 is 125 Å². The predicted octanol–water partition coefficient (Wildman–Crippen LogP) is 13.7. The van der Waals surface area contributed by atoms with Gasteiger partial charge in [0, 0.05) is 120 Å². The minimum atomic E-state index is -3.19. The number of ether oxygens (including phenoxy) is 12. The summed E-state index contributed by atoms with van der Waals surface area (Å²) in [6.45, 7) is 35.5. The third-order valence-corrected chi connectivity index (χ3v) is 22.4. The van der Waals surface area contributed by atoms with E-state index >= 15 is 0 Å². The Balaban J connectivity index is 0.000000593. The monoisotopic (exact) mass is 2090 g/mol. The Morgan fingerprint density at radius 3 is 1.03 bits per heavy atom. The number of nitrogens with two attached hydrogens (primary N) is 2. The van der Waals surface area contributed by atoms with Crippen LogP contribution < -0.4 is 51.7 Å². The molecule has 9 heterocycles. The summed E-state index contributed by atoms with van der Waals surface area (Å²) in [5, 5.41) is 44.2. The van der Waals surface area contributed by atoms with Gasteiger partial charge in [-0.05, 0) is 160 Å². The van der Waals surface area contributed by atoms with Crippen LogP contribution in [-0.4, -0.2) is 249 Å². The quantitative estimate of drug-likeness (QED) is 0.00462. The number of amides is 2. The van der Waals surface area contributed by atoms with Gasteiger partial charge in [-0.2, -0.15) is 0 Å². The van der Waals surface area contributed by atoms with E-state index < -0.39 is 55.0 Å². The topological polar surface area (TPSA) is 525 Å². The Hall–Kier alpha value is -10.2. The Morgan fingerprint density at radius 1 is 0.483 bits per heavy atom. The smallest absolute Gasteiger partial charge is 0.478 e. The molecule has 15 rings (SSSR count). The molecule has 9 aromatic rings. The average Bonchev–Trinajstić information content (AvgIpc) is 1.72. The van der Waals surface area contributed by atoms with E-state index in [-0.39, 0.29) is 119 Å². The normalized spacial score (nSPS) is 17.2. The molecular weight excluding hydrogens is 1940 g/mol. The number of aliphatic carboxylic acids is 1. The fourth-order valence-corrected chi connectivity index (χ4v) is 14.2. The molecule has 6 saturated heterocycles. The van der Waals surface area contributed by atoms with E-state index in [0.717, 1.165) is 97.5 Å². The van der Waals surface area contributed by atoms with Crippen molar-refractivity contribution in [1.29, 1.82) is 0 Å². The third kappa shape index (κ3) is 48.5. The molecule has 804 valence electrons. The molecule has 0 aliphatic carbocycles. The zero-order valence-corrected chi connectivity index (χ0v) is 88.8. The number of aromatic nitrogens is 6. The second-order valence-electron chi connectivity index (χ2n) is 36.7. The molecule has 0 radical (unpaired) electrons. The van der Waals surface area contributed by atoms with E-state index in [1.54, 1.807) is 24.7 Å². The van der Waals surface area contributed by atoms with Crippen molar-refractivity contribution in [2.24, 2.45) is 58.0 Å². The molecule has 6 fully saturated rings. The maximum atomic E-state index is 12.5. The molecule has 6 aromatic carbocycles. The zero-order chi connectivity index (χ0) is 105. The molecule has 2 amide bonds. The predicted molar refractivity (Wildman–Crippen MR) is 568 cm³/mol. The molecule has 37 nitrogen and oxygen atoms in total. The minimum Gasteiger partial charge on any atom is -0.478 e. The minimum absolute atomic E-state index is 0. The fourth-order valence-electron chi connectivity index (χ4n) is 14.2. The van der Waals surface area contributed by atoms with Crippen LogP contribution in [0.1, 0.15) is 169 Å². The second-order valence-corrected chi connectivity index (χ2v) is 39.7. The molecular formula is C107H156ClN16NaO21S. The number of carboxylic acid groups (broad SMARTS) is 1. The molecule has 0 bridgehead atoms. The van der Waals surface area contributed by atoms with Gasteiger partial charge in [0.2, 0.25) is 20.9 Å². The van der Waals surface area contributed by atoms with Gasteiger partial charge in [-0.25, -0.2) is 28.2 Å². The maximum Gasteiger partial charge on any atom is 1.00 e. The van der Waals surface area contributed by atoms with Crippen molar-refractivity contribution in [3.05, 3.63) is 315 Å². The maximum absolute atomic E-state index is 12.5. The summed E-state index contributed by atoms with van der Waals surface area (Å²) < 4.78 is 88.0. The average molecular weight is 2090 g/mol. The first-order chi connectivity index (χ1) is 68.0. The van der Waals surface area contributed by atoms with Crippen molar-refractivity contribution in [3.8, 4) is 0 Å². The van der Waals surface area contributed by atoms with Crippen LogP contribution in [0.2, 0.25) is 0 Å². The van der Waals surface area contributed by atoms with Gasteiger partial charge in [0.15, 0.2) is 34.7 Å². The van der Waals surface area contributed by atoms with Crippen LogP contribution >= 0.6 is 10.7 Å². The summed E-state index contributed by atoms with van der Waals surface area (Å²) in [5.41, 5.74) is 39.8. The first kappa shape index (κ1) is 133. The summed E-state index contributed by atoms with van der Waals surface area (Å²) >= 11 is 0. The number of nitrogens with zero attached hydrogens (tertiary/aromatic N) is 11. The second kappa shape index (κ2) is 67.8. The number of azide groups is 1. The molecule has 40 heteroatoms.